The van der Waals surface area contributed by atoms with Crippen LogP contribution in [-0.2, 0) is 11.3 Å². The molecule has 1 N–H and O–H groups in total. The van der Waals surface area contributed by atoms with Crippen molar-refractivity contribution in [1.82, 2.24) is 5.32 Å². The van der Waals surface area contributed by atoms with Gasteiger partial charge in [0.1, 0.15) is 0 Å². The van der Waals surface area contributed by atoms with Crippen molar-refractivity contribution < 1.29 is 17.9 Å². The van der Waals surface area contributed by atoms with E-state index in [1.165, 1.54) is 0 Å². The first-order chi connectivity index (χ1) is 8.15. The zero-order chi connectivity index (χ0) is 12.7. The van der Waals surface area contributed by atoms with E-state index in [1.807, 2.05) is 6.92 Å². The number of hydrogen-bond donors (Lipinski definition) is 1. The number of ether oxygens (including phenoxy) is 1. The van der Waals surface area contributed by atoms with E-state index in [2.05, 4.69) is 5.32 Å². The molecular weight excluding hydrogens is 231 g/mol. The molecule has 1 aromatic carbocycles. The molecule has 0 atom stereocenters. The first-order valence-corrected chi connectivity index (χ1v) is 5.57. The fraction of sp³-hybridized carbons (Fsp3) is 0.500. The number of rotatable bonds is 7. The number of halogens is 3. The van der Waals surface area contributed by atoms with Crippen molar-refractivity contribution in [2.24, 2.45) is 0 Å². The minimum Gasteiger partial charge on any atom is -0.382 e. The van der Waals surface area contributed by atoms with Crippen LogP contribution in [0.1, 0.15) is 18.9 Å². The summed E-state index contributed by atoms with van der Waals surface area (Å²) in [6.45, 7) is 4.22. The van der Waals surface area contributed by atoms with Gasteiger partial charge in [-0.2, -0.15) is 0 Å². The molecular formula is C12H16F3NO. The Morgan fingerprint density at radius 3 is 2.41 bits per heavy atom. The molecule has 0 unspecified atom stereocenters. The molecule has 0 aliphatic carbocycles. The van der Waals surface area contributed by atoms with Crippen molar-refractivity contribution in [2.45, 2.75) is 19.9 Å². The minimum atomic E-state index is -1.43. The van der Waals surface area contributed by atoms with Gasteiger partial charge in [0.25, 0.3) is 0 Å². The minimum absolute atomic E-state index is 0.306. The Kier molecular flexibility index (Phi) is 6.00. The third-order valence-corrected chi connectivity index (χ3v) is 2.22. The standard InChI is InChI=1S/C12H16F3NO/c1-2-17-5-3-4-16-8-9-6-10(13)12(15)11(14)7-9/h6-7,16H,2-5,8H2,1H3. The molecule has 0 bridgehead atoms. The van der Waals surface area contributed by atoms with Crippen LogP contribution in [0.2, 0.25) is 0 Å². The second kappa shape index (κ2) is 7.29. The monoisotopic (exact) mass is 247 g/mol. The highest BCUT2D eigenvalue weighted by Gasteiger charge is 2.09. The summed E-state index contributed by atoms with van der Waals surface area (Å²) in [7, 11) is 0. The third kappa shape index (κ3) is 4.75. The van der Waals surface area contributed by atoms with Crippen molar-refractivity contribution >= 4 is 0 Å². The van der Waals surface area contributed by atoms with E-state index in [1.54, 1.807) is 0 Å². The van der Waals surface area contributed by atoms with Crippen LogP contribution in [0.15, 0.2) is 12.1 Å². The first-order valence-electron chi connectivity index (χ1n) is 5.57. The van der Waals surface area contributed by atoms with E-state index in [-0.39, 0.29) is 0 Å². The fourth-order valence-corrected chi connectivity index (χ4v) is 1.39. The van der Waals surface area contributed by atoms with Gasteiger partial charge in [-0.25, -0.2) is 13.2 Å². The van der Waals surface area contributed by atoms with Crippen LogP contribution in [0, 0.1) is 17.5 Å². The molecule has 0 spiro atoms. The molecule has 1 rings (SSSR count). The quantitative estimate of drug-likeness (QED) is 0.590. The van der Waals surface area contributed by atoms with Crippen molar-refractivity contribution in [3.63, 3.8) is 0 Å². The highest BCUT2D eigenvalue weighted by atomic mass is 19.2. The Balaban J connectivity index is 2.32. The molecule has 2 nitrogen and oxygen atoms in total. The summed E-state index contributed by atoms with van der Waals surface area (Å²) in [6, 6.07) is 1.99. The number of hydrogen-bond acceptors (Lipinski definition) is 2. The van der Waals surface area contributed by atoms with E-state index in [9.17, 15) is 13.2 Å². The summed E-state index contributed by atoms with van der Waals surface area (Å²) in [4.78, 5) is 0. The molecule has 0 heterocycles. The summed E-state index contributed by atoms with van der Waals surface area (Å²) < 4.78 is 43.5. The lowest BCUT2D eigenvalue weighted by Crippen LogP contribution is -2.16. The smallest absolute Gasteiger partial charge is 0.194 e. The van der Waals surface area contributed by atoms with Gasteiger partial charge in [-0.3, -0.25) is 0 Å². The normalized spacial score (nSPS) is 10.8. The molecule has 17 heavy (non-hydrogen) atoms. The van der Waals surface area contributed by atoms with Crippen LogP contribution in [0.5, 0.6) is 0 Å². The average Bonchev–Trinajstić information content (AvgIpc) is 2.30. The zero-order valence-electron chi connectivity index (χ0n) is 9.73. The molecule has 0 saturated carbocycles. The molecule has 0 aromatic heterocycles. The summed E-state index contributed by atoms with van der Waals surface area (Å²) in [5, 5.41) is 3.00. The Morgan fingerprint density at radius 2 is 1.82 bits per heavy atom. The highest BCUT2D eigenvalue weighted by molar-refractivity contribution is 5.19. The van der Waals surface area contributed by atoms with Gasteiger partial charge in [0, 0.05) is 19.8 Å². The maximum absolute atomic E-state index is 12.9. The maximum atomic E-state index is 12.9. The van der Waals surface area contributed by atoms with E-state index >= 15 is 0 Å². The van der Waals surface area contributed by atoms with Gasteiger partial charge < -0.3 is 10.1 Å². The Hall–Kier alpha value is -1.07. The highest BCUT2D eigenvalue weighted by Crippen LogP contribution is 2.13. The summed E-state index contributed by atoms with van der Waals surface area (Å²) in [5.41, 5.74) is 0.387. The van der Waals surface area contributed by atoms with Crippen LogP contribution in [0.25, 0.3) is 0 Å². The van der Waals surface area contributed by atoms with Gasteiger partial charge >= 0.3 is 0 Å². The third-order valence-electron chi connectivity index (χ3n) is 2.22. The largest absolute Gasteiger partial charge is 0.382 e. The van der Waals surface area contributed by atoms with E-state index in [0.29, 0.717) is 31.9 Å². The molecule has 0 radical (unpaired) electrons. The summed E-state index contributed by atoms with van der Waals surface area (Å²) in [5.74, 6) is -3.74. The van der Waals surface area contributed by atoms with Gasteiger partial charge in [0.15, 0.2) is 17.5 Å². The van der Waals surface area contributed by atoms with E-state index < -0.39 is 17.5 Å². The zero-order valence-corrected chi connectivity index (χ0v) is 9.73. The van der Waals surface area contributed by atoms with Gasteiger partial charge in [0.2, 0.25) is 0 Å². The van der Waals surface area contributed by atoms with Gasteiger partial charge in [-0.15, -0.1) is 0 Å². The maximum Gasteiger partial charge on any atom is 0.194 e. The van der Waals surface area contributed by atoms with Gasteiger partial charge in [-0.05, 0) is 37.6 Å². The summed E-state index contributed by atoms with van der Waals surface area (Å²) in [6.07, 6.45) is 0.819. The Labute approximate surface area is 98.8 Å². The van der Waals surface area contributed by atoms with Crippen LogP contribution in [-0.4, -0.2) is 19.8 Å². The molecule has 1 aromatic rings. The fourth-order valence-electron chi connectivity index (χ4n) is 1.39. The van der Waals surface area contributed by atoms with Crippen molar-refractivity contribution in [1.29, 1.82) is 0 Å². The van der Waals surface area contributed by atoms with Crippen LogP contribution < -0.4 is 5.32 Å². The molecule has 0 amide bonds. The topological polar surface area (TPSA) is 21.3 Å². The van der Waals surface area contributed by atoms with Gasteiger partial charge in [-0.1, -0.05) is 0 Å². The Bertz CT molecular complexity index is 335. The molecule has 96 valence electrons. The molecule has 0 aliphatic rings. The molecule has 0 aliphatic heterocycles. The van der Waals surface area contributed by atoms with E-state index in [0.717, 1.165) is 18.6 Å². The predicted molar refractivity (Wildman–Crippen MR) is 59.1 cm³/mol. The molecule has 0 fully saturated rings. The second-order valence-electron chi connectivity index (χ2n) is 3.60. The van der Waals surface area contributed by atoms with Gasteiger partial charge in [0.05, 0.1) is 0 Å². The van der Waals surface area contributed by atoms with Crippen LogP contribution in [0.4, 0.5) is 13.2 Å². The average molecular weight is 247 g/mol. The lowest BCUT2D eigenvalue weighted by atomic mass is 10.2. The lowest BCUT2D eigenvalue weighted by molar-refractivity contribution is 0.144. The van der Waals surface area contributed by atoms with Crippen LogP contribution >= 0.6 is 0 Å². The predicted octanol–water partition coefficient (Wildman–Crippen LogP) is 2.62. The first kappa shape index (κ1) is 14.0. The van der Waals surface area contributed by atoms with Crippen molar-refractivity contribution in [2.75, 3.05) is 19.8 Å². The molecule has 0 saturated heterocycles. The molecule has 5 heteroatoms. The van der Waals surface area contributed by atoms with Crippen molar-refractivity contribution in [3.05, 3.63) is 35.1 Å². The van der Waals surface area contributed by atoms with Crippen LogP contribution in [0.3, 0.4) is 0 Å². The number of nitrogens with one attached hydrogen (secondary N) is 1. The van der Waals surface area contributed by atoms with E-state index in [4.69, 9.17) is 4.74 Å². The SMILES string of the molecule is CCOCCCNCc1cc(F)c(F)c(F)c1. The lowest BCUT2D eigenvalue weighted by Gasteiger charge is -2.06. The Morgan fingerprint density at radius 1 is 1.18 bits per heavy atom. The van der Waals surface area contributed by atoms with Crippen molar-refractivity contribution in [3.8, 4) is 0 Å². The second-order valence-corrected chi connectivity index (χ2v) is 3.60. The number of benzene rings is 1. The summed E-state index contributed by atoms with van der Waals surface area (Å²) >= 11 is 0.